The molecule has 0 aliphatic carbocycles. The molecule has 19 heavy (non-hydrogen) atoms. The van der Waals surface area contributed by atoms with Gasteiger partial charge in [-0.15, -0.1) is 0 Å². The lowest BCUT2D eigenvalue weighted by atomic mass is 9.98. The van der Waals surface area contributed by atoms with E-state index >= 15 is 0 Å². The molecular weight excluding hydrogens is 286 g/mol. The number of nitrogens with two attached hydrogens (primary N) is 1. The van der Waals surface area contributed by atoms with Crippen LogP contribution in [0.2, 0.25) is 10.0 Å². The predicted molar refractivity (Wildman–Crippen MR) is 76.8 cm³/mol. The number of hydrogen-bond acceptors (Lipinski definition) is 2. The minimum Gasteiger partial charge on any atom is -0.271 e. The Kier molecular flexibility index (Phi) is 4.42. The molecule has 5 heteroatoms. The van der Waals surface area contributed by atoms with Gasteiger partial charge in [0.25, 0.3) is 0 Å². The molecule has 0 amide bonds. The zero-order chi connectivity index (χ0) is 14.0. The first-order valence-corrected chi connectivity index (χ1v) is 6.46. The summed E-state index contributed by atoms with van der Waals surface area (Å²) in [7, 11) is 0. The van der Waals surface area contributed by atoms with Gasteiger partial charge in [-0.05, 0) is 36.2 Å². The third-order valence-electron chi connectivity index (χ3n) is 2.98. The molecule has 0 saturated carbocycles. The van der Waals surface area contributed by atoms with Gasteiger partial charge >= 0.3 is 0 Å². The van der Waals surface area contributed by atoms with Gasteiger partial charge in [0.15, 0.2) is 0 Å². The van der Waals surface area contributed by atoms with Crippen LogP contribution >= 0.6 is 23.2 Å². The number of halogens is 3. The molecule has 1 atom stereocenters. The van der Waals surface area contributed by atoms with Crippen LogP contribution < -0.4 is 11.3 Å². The van der Waals surface area contributed by atoms with Crippen molar-refractivity contribution < 1.29 is 4.39 Å². The Balaban J connectivity index is 2.53. The van der Waals surface area contributed by atoms with Gasteiger partial charge in [0, 0.05) is 15.6 Å². The summed E-state index contributed by atoms with van der Waals surface area (Å²) in [6.45, 7) is 1.90. The van der Waals surface area contributed by atoms with Gasteiger partial charge in [0.05, 0.1) is 6.04 Å². The number of rotatable bonds is 3. The maximum Gasteiger partial charge on any atom is 0.129 e. The van der Waals surface area contributed by atoms with Crippen LogP contribution in [0.1, 0.15) is 22.7 Å². The summed E-state index contributed by atoms with van der Waals surface area (Å²) in [5.41, 5.74) is 4.59. The Morgan fingerprint density at radius 1 is 1.16 bits per heavy atom. The maximum atomic E-state index is 13.9. The zero-order valence-electron chi connectivity index (χ0n) is 10.3. The van der Waals surface area contributed by atoms with E-state index in [0.29, 0.717) is 15.6 Å². The van der Waals surface area contributed by atoms with Gasteiger partial charge in [-0.25, -0.2) is 9.82 Å². The highest BCUT2D eigenvalue weighted by Gasteiger charge is 2.20. The molecule has 0 heterocycles. The number of hydrogen-bond donors (Lipinski definition) is 2. The molecule has 0 aromatic heterocycles. The summed E-state index contributed by atoms with van der Waals surface area (Å²) in [5, 5.41) is 0.921. The molecule has 100 valence electrons. The average molecular weight is 299 g/mol. The van der Waals surface area contributed by atoms with E-state index in [1.54, 1.807) is 18.2 Å². The third-order valence-corrected chi connectivity index (χ3v) is 3.72. The van der Waals surface area contributed by atoms with Gasteiger partial charge in [-0.1, -0.05) is 41.4 Å². The molecule has 2 rings (SSSR count). The molecular formula is C14H13Cl2FN2. The van der Waals surface area contributed by atoms with Gasteiger partial charge in [-0.2, -0.15) is 0 Å². The Morgan fingerprint density at radius 3 is 2.47 bits per heavy atom. The molecule has 2 aromatic rings. The highest BCUT2D eigenvalue weighted by atomic mass is 35.5. The second-order valence-corrected chi connectivity index (χ2v) is 5.06. The van der Waals surface area contributed by atoms with Crippen molar-refractivity contribution in [1.29, 1.82) is 0 Å². The summed E-state index contributed by atoms with van der Waals surface area (Å²) in [6.07, 6.45) is 0. The van der Waals surface area contributed by atoms with E-state index in [0.717, 1.165) is 11.1 Å². The Hall–Kier alpha value is -1.13. The molecule has 2 nitrogen and oxygen atoms in total. The van der Waals surface area contributed by atoms with Crippen molar-refractivity contribution >= 4 is 23.2 Å². The highest BCUT2D eigenvalue weighted by Crippen LogP contribution is 2.31. The summed E-state index contributed by atoms with van der Waals surface area (Å²) in [6, 6.07) is 9.43. The quantitative estimate of drug-likeness (QED) is 0.664. The van der Waals surface area contributed by atoms with E-state index in [1.165, 1.54) is 6.07 Å². The number of benzene rings is 2. The maximum absolute atomic E-state index is 13.9. The second kappa shape index (κ2) is 5.88. The minimum atomic E-state index is -0.549. The van der Waals surface area contributed by atoms with Gasteiger partial charge in [0.1, 0.15) is 5.82 Å². The van der Waals surface area contributed by atoms with Gasteiger partial charge < -0.3 is 0 Å². The van der Waals surface area contributed by atoms with Crippen LogP contribution in [0, 0.1) is 12.7 Å². The fourth-order valence-electron chi connectivity index (χ4n) is 1.92. The van der Waals surface area contributed by atoms with Crippen LogP contribution in [0.4, 0.5) is 4.39 Å². The molecule has 3 N–H and O–H groups in total. The van der Waals surface area contributed by atoms with Crippen LogP contribution in [0.15, 0.2) is 36.4 Å². The van der Waals surface area contributed by atoms with E-state index in [1.807, 2.05) is 19.1 Å². The fourth-order valence-corrected chi connectivity index (χ4v) is 2.38. The molecule has 0 aliphatic heterocycles. The average Bonchev–Trinajstić information content (AvgIpc) is 2.37. The first-order chi connectivity index (χ1) is 9.04. The van der Waals surface area contributed by atoms with Crippen molar-refractivity contribution in [3.05, 3.63) is 69.0 Å². The SMILES string of the molecule is Cc1ccc(C(NN)c2c(F)cccc2Cl)cc1Cl. The molecule has 0 fully saturated rings. The van der Waals surface area contributed by atoms with Crippen molar-refractivity contribution in [3.8, 4) is 0 Å². The van der Waals surface area contributed by atoms with Crippen molar-refractivity contribution in [1.82, 2.24) is 5.43 Å². The van der Waals surface area contributed by atoms with Crippen LogP contribution in [0.5, 0.6) is 0 Å². The smallest absolute Gasteiger partial charge is 0.129 e. The van der Waals surface area contributed by atoms with Crippen LogP contribution in [0.3, 0.4) is 0 Å². The number of hydrazine groups is 1. The first-order valence-electron chi connectivity index (χ1n) is 5.70. The van der Waals surface area contributed by atoms with E-state index in [2.05, 4.69) is 5.43 Å². The third kappa shape index (κ3) is 2.90. The standard InChI is InChI=1S/C14H13Cl2FN2/c1-8-5-6-9(7-11(8)16)14(19-18)13-10(15)3-2-4-12(13)17/h2-7,14,19H,18H2,1H3. The van der Waals surface area contributed by atoms with Crippen molar-refractivity contribution in [2.45, 2.75) is 13.0 Å². The largest absolute Gasteiger partial charge is 0.271 e. The van der Waals surface area contributed by atoms with Crippen molar-refractivity contribution in [3.63, 3.8) is 0 Å². The summed E-state index contributed by atoms with van der Waals surface area (Å²) in [5.74, 6) is 5.13. The molecule has 0 bridgehead atoms. The Labute approximate surface area is 121 Å². The van der Waals surface area contributed by atoms with Crippen molar-refractivity contribution in [2.24, 2.45) is 5.84 Å². The first kappa shape index (κ1) is 14.3. The lowest BCUT2D eigenvalue weighted by Gasteiger charge is -2.19. The number of nitrogens with one attached hydrogen (secondary N) is 1. The highest BCUT2D eigenvalue weighted by molar-refractivity contribution is 6.32. The van der Waals surface area contributed by atoms with Gasteiger partial charge in [0.2, 0.25) is 0 Å². The molecule has 0 aliphatic rings. The normalized spacial score (nSPS) is 12.5. The van der Waals surface area contributed by atoms with Crippen LogP contribution in [-0.4, -0.2) is 0 Å². The van der Waals surface area contributed by atoms with E-state index in [4.69, 9.17) is 29.0 Å². The molecule has 0 radical (unpaired) electrons. The topological polar surface area (TPSA) is 38.0 Å². The van der Waals surface area contributed by atoms with E-state index < -0.39 is 11.9 Å². The summed E-state index contributed by atoms with van der Waals surface area (Å²) in [4.78, 5) is 0. The minimum absolute atomic E-state index is 0.312. The molecule has 1 unspecified atom stereocenters. The molecule has 2 aromatic carbocycles. The lowest BCUT2D eigenvalue weighted by molar-refractivity contribution is 0.560. The van der Waals surface area contributed by atoms with Crippen LogP contribution in [-0.2, 0) is 0 Å². The number of aryl methyl sites for hydroxylation is 1. The van der Waals surface area contributed by atoms with Crippen LogP contribution in [0.25, 0.3) is 0 Å². The monoisotopic (exact) mass is 298 g/mol. The Morgan fingerprint density at radius 2 is 1.89 bits per heavy atom. The zero-order valence-corrected chi connectivity index (χ0v) is 11.8. The van der Waals surface area contributed by atoms with E-state index in [9.17, 15) is 4.39 Å². The Bertz CT molecular complexity index is 582. The molecule has 0 saturated heterocycles. The second-order valence-electron chi connectivity index (χ2n) is 4.24. The van der Waals surface area contributed by atoms with E-state index in [-0.39, 0.29) is 0 Å². The molecule has 0 spiro atoms. The fraction of sp³-hybridized carbons (Fsp3) is 0.143. The lowest BCUT2D eigenvalue weighted by Crippen LogP contribution is -2.29. The summed E-state index contributed by atoms with van der Waals surface area (Å²) < 4.78 is 13.9. The van der Waals surface area contributed by atoms with Gasteiger partial charge in [-0.3, -0.25) is 5.84 Å². The summed E-state index contributed by atoms with van der Waals surface area (Å²) >= 11 is 12.1. The predicted octanol–water partition coefficient (Wildman–Crippen LogP) is 3.99. The van der Waals surface area contributed by atoms with Crippen molar-refractivity contribution in [2.75, 3.05) is 0 Å².